The van der Waals surface area contributed by atoms with E-state index in [1.807, 2.05) is 22.6 Å². The average molecular weight is 308 g/mol. The molecule has 0 aliphatic carbocycles. The zero-order valence-electron chi connectivity index (χ0n) is 13.0. The van der Waals surface area contributed by atoms with E-state index in [0.29, 0.717) is 26.2 Å². The van der Waals surface area contributed by atoms with E-state index < -0.39 is 0 Å². The second-order valence-electron chi connectivity index (χ2n) is 6.18. The smallest absolute Gasteiger partial charge is 0.317 e. The van der Waals surface area contributed by atoms with Crippen LogP contribution in [0.4, 0.5) is 4.79 Å². The zero-order valence-corrected chi connectivity index (χ0v) is 13.0. The number of hydrogen-bond donors (Lipinski definition) is 1. The summed E-state index contributed by atoms with van der Waals surface area (Å²) in [5, 5.41) is 2.98. The highest BCUT2D eigenvalue weighted by Crippen LogP contribution is 2.29. The molecular formula is C15H24N4O3. The number of ether oxygens (including phenoxy) is 2. The first kappa shape index (κ1) is 15.3. The molecule has 7 nitrogen and oxygen atoms in total. The number of urea groups is 1. The Morgan fingerprint density at radius 1 is 1.55 bits per heavy atom. The maximum atomic E-state index is 12.4. The van der Waals surface area contributed by atoms with E-state index in [1.165, 1.54) is 0 Å². The van der Waals surface area contributed by atoms with Gasteiger partial charge in [0.1, 0.15) is 5.60 Å². The van der Waals surface area contributed by atoms with Crippen molar-refractivity contribution < 1.29 is 14.3 Å². The van der Waals surface area contributed by atoms with E-state index in [0.717, 1.165) is 26.0 Å². The zero-order chi connectivity index (χ0) is 15.4. The van der Waals surface area contributed by atoms with Crippen molar-refractivity contribution in [2.24, 2.45) is 0 Å². The molecule has 1 aromatic heterocycles. The van der Waals surface area contributed by atoms with Crippen molar-refractivity contribution in [3.05, 3.63) is 18.7 Å². The number of amides is 2. The lowest BCUT2D eigenvalue weighted by Gasteiger charge is -2.47. The second kappa shape index (κ2) is 6.66. The van der Waals surface area contributed by atoms with Crippen LogP contribution in [-0.2, 0) is 16.0 Å². The molecule has 3 heterocycles. The molecule has 2 saturated heterocycles. The summed E-state index contributed by atoms with van der Waals surface area (Å²) in [7, 11) is 0. The third-order valence-corrected chi connectivity index (χ3v) is 4.19. The molecule has 0 aromatic carbocycles. The Morgan fingerprint density at radius 2 is 2.45 bits per heavy atom. The molecule has 0 unspecified atom stereocenters. The van der Waals surface area contributed by atoms with E-state index in [9.17, 15) is 4.79 Å². The topological polar surface area (TPSA) is 68.6 Å². The molecule has 1 aromatic rings. The summed E-state index contributed by atoms with van der Waals surface area (Å²) in [5.41, 5.74) is -0.322. The first-order chi connectivity index (χ1) is 10.7. The minimum Gasteiger partial charge on any atom is -0.378 e. The maximum Gasteiger partial charge on any atom is 0.317 e. The van der Waals surface area contributed by atoms with Gasteiger partial charge in [0.25, 0.3) is 0 Å². The highest BCUT2D eigenvalue weighted by Gasteiger charge is 2.42. The fraction of sp³-hybridized carbons (Fsp3) is 0.733. The second-order valence-corrected chi connectivity index (χ2v) is 6.18. The van der Waals surface area contributed by atoms with Crippen LogP contribution < -0.4 is 5.32 Å². The van der Waals surface area contributed by atoms with Crippen LogP contribution in [0.3, 0.4) is 0 Å². The van der Waals surface area contributed by atoms with Crippen LogP contribution in [-0.4, -0.2) is 65.0 Å². The highest BCUT2D eigenvalue weighted by atomic mass is 16.6. The summed E-state index contributed by atoms with van der Waals surface area (Å²) < 4.78 is 13.6. The number of nitrogens with zero attached hydrogens (tertiary/aromatic N) is 3. The number of hydrogen-bond acceptors (Lipinski definition) is 4. The van der Waals surface area contributed by atoms with Crippen molar-refractivity contribution in [3.8, 4) is 0 Å². The number of imidazole rings is 1. The number of carbonyl (C=O) groups is 1. The van der Waals surface area contributed by atoms with Crippen molar-refractivity contribution in [2.75, 3.05) is 32.8 Å². The fourth-order valence-corrected chi connectivity index (χ4v) is 3.25. The summed E-state index contributed by atoms with van der Waals surface area (Å²) >= 11 is 0. The predicted octanol–water partition coefficient (Wildman–Crippen LogP) is 0.863. The third-order valence-electron chi connectivity index (χ3n) is 4.19. The Morgan fingerprint density at radius 3 is 3.18 bits per heavy atom. The summed E-state index contributed by atoms with van der Waals surface area (Å²) in [6.45, 7) is 5.92. The Bertz CT molecular complexity index is 485. The van der Waals surface area contributed by atoms with Gasteiger partial charge in [-0.1, -0.05) is 0 Å². The number of aromatic nitrogens is 2. The van der Waals surface area contributed by atoms with E-state index in [4.69, 9.17) is 9.47 Å². The minimum atomic E-state index is -0.322. The van der Waals surface area contributed by atoms with Crippen molar-refractivity contribution >= 4 is 6.03 Å². The first-order valence-electron chi connectivity index (χ1n) is 7.91. The van der Waals surface area contributed by atoms with Crippen LogP contribution in [0.15, 0.2) is 18.7 Å². The van der Waals surface area contributed by atoms with Crippen molar-refractivity contribution in [3.63, 3.8) is 0 Å². The lowest BCUT2D eigenvalue weighted by molar-refractivity contribution is -0.188. The van der Waals surface area contributed by atoms with Crippen molar-refractivity contribution in [2.45, 2.75) is 38.0 Å². The van der Waals surface area contributed by atoms with E-state index >= 15 is 0 Å². The minimum absolute atomic E-state index is 0.0276. The molecule has 2 amide bonds. The normalized spacial score (nSPS) is 28.8. The van der Waals surface area contributed by atoms with Gasteiger partial charge in [0.2, 0.25) is 0 Å². The molecule has 2 fully saturated rings. The van der Waals surface area contributed by atoms with Gasteiger partial charge in [-0.2, -0.15) is 0 Å². The maximum absolute atomic E-state index is 12.4. The van der Waals surface area contributed by atoms with Gasteiger partial charge in [-0.3, -0.25) is 0 Å². The molecule has 7 heteroatoms. The van der Waals surface area contributed by atoms with Crippen LogP contribution in [0.25, 0.3) is 0 Å². The molecule has 1 N–H and O–H groups in total. The molecule has 0 bridgehead atoms. The Labute approximate surface area is 130 Å². The van der Waals surface area contributed by atoms with Gasteiger partial charge in [0.15, 0.2) is 0 Å². The third kappa shape index (κ3) is 3.59. The molecule has 3 rings (SSSR count). The summed E-state index contributed by atoms with van der Waals surface area (Å²) in [6, 6.07) is -0.0276. The molecule has 0 saturated carbocycles. The molecular weight excluding hydrogens is 284 g/mol. The monoisotopic (exact) mass is 308 g/mol. The van der Waals surface area contributed by atoms with Gasteiger partial charge in [0.05, 0.1) is 25.6 Å². The van der Waals surface area contributed by atoms with E-state index in [2.05, 4.69) is 10.3 Å². The van der Waals surface area contributed by atoms with Crippen LogP contribution >= 0.6 is 0 Å². The van der Waals surface area contributed by atoms with E-state index in [-0.39, 0.29) is 17.7 Å². The number of nitrogens with one attached hydrogen (secondary N) is 1. The molecule has 122 valence electrons. The van der Waals surface area contributed by atoms with Gasteiger partial charge >= 0.3 is 6.03 Å². The predicted molar refractivity (Wildman–Crippen MR) is 80.5 cm³/mol. The summed E-state index contributed by atoms with van der Waals surface area (Å²) in [5.74, 6) is 0. The quantitative estimate of drug-likeness (QED) is 0.899. The SMILES string of the molecule is C[C@@H]1CN(C(=O)NCCn2ccnc2)C[C@]2(CCCOC2)O1. The van der Waals surface area contributed by atoms with Crippen molar-refractivity contribution in [1.82, 2.24) is 19.8 Å². The molecule has 22 heavy (non-hydrogen) atoms. The number of rotatable bonds is 3. The Kier molecular flexibility index (Phi) is 4.63. The van der Waals surface area contributed by atoms with Gasteiger partial charge in [-0.15, -0.1) is 0 Å². The number of morpholine rings is 1. The lowest BCUT2D eigenvalue weighted by Crippen LogP contribution is -2.61. The molecule has 0 radical (unpaired) electrons. The number of carbonyl (C=O) groups excluding carboxylic acids is 1. The highest BCUT2D eigenvalue weighted by molar-refractivity contribution is 5.74. The van der Waals surface area contributed by atoms with Gasteiger partial charge in [-0.05, 0) is 19.8 Å². The fourth-order valence-electron chi connectivity index (χ4n) is 3.25. The Balaban J connectivity index is 1.52. The summed E-state index contributed by atoms with van der Waals surface area (Å²) in [6.07, 6.45) is 7.35. The van der Waals surface area contributed by atoms with Crippen LogP contribution in [0.5, 0.6) is 0 Å². The van der Waals surface area contributed by atoms with Gasteiger partial charge in [0, 0.05) is 38.6 Å². The Hall–Kier alpha value is -1.60. The van der Waals surface area contributed by atoms with Gasteiger partial charge in [-0.25, -0.2) is 9.78 Å². The largest absolute Gasteiger partial charge is 0.378 e. The average Bonchev–Trinajstić information content (AvgIpc) is 3.00. The summed E-state index contributed by atoms with van der Waals surface area (Å²) in [4.78, 5) is 18.2. The molecule has 2 atom stereocenters. The van der Waals surface area contributed by atoms with Crippen LogP contribution in [0, 0.1) is 0 Å². The molecule has 2 aliphatic heterocycles. The standard InChI is InChI=1S/C15H24N4O3/c1-13-9-19(10-15(22-13)3-2-8-21-11-15)14(20)17-5-7-18-6-4-16-12-18/h4,6,12-13H,2-3,5,7-11H2,1H3,(H,17,20)/t13-,15+/m1/s1. The first-order valence-corrected chi connectivity index (χ1v) is 7.91. The van der Waals surface area contributed by atoms with Crippen LogP contribution in [0.1, 0.15) is 19.8 Å². The van der Waals surface area contributed by atoms with Crippen LogP contribution in [0.2, 0.25) is 0 Å². The van der Waals surface area contributed by atoms with Gasteiger partial charge < -0.3 is 24.3 Å². The lowest BCUT2D eigenvalue weighted by atomic mass is 9.93. The van der Waals surface area contributed by atoms with E-state index in [1.54, 1.807) is 12.5 Å². The molecule has 2 aliphatic rings. The van der Waals surface area contributed by atoms with Crippen molar-refractivity contribution in [1.29, 1.82) is 0 Å². The molecule has 1 spiro atoms.